The average Bonchev–Trinajstić information content (AvgIpc) is 3.07. The molecule has 0 saturated carbocycles. The largest absolute Gasteiger partial charge is 0.424 e. The van der Waals surface area contributed by atoms with Gasteiger partial charge in [0.15, 0.2) is 11.2 Å². The molecule has 3 aromatic heterocycles. The molecule has 0 fully saturated rings. The summed E-state index contributed by atoms with van der Waals surface area (Å²) >= 11 is 0. The molecular weight excluding hydrogens is 340 g/mol. The molecule has 0 unspecified atom stereocenters. The zero-order valence-electron chi connectivity index (χ0n) is 14.9. The van der Waals surface area contributed by atoms with Gasteiger partial charge in [0.25, 0.3) is 6.01 Å². The van der Waals surface area contributed by atoms with E-state index in [0.29, 0.717) is 16.7 Å². The highest BCUT2D eigenvalue weighted by molar-refractivity contribution is 5.82. The number of rotatable bonds is 2. The van der Waals surface area contributed by atoms with E-state index in [2.05, 4.69) is 28.0 Å². The summed E-state index contributed by atoms with van der Waals surface area (Å²) < 4.78 is 5.33. The third kappa shape index (κ3) is 2.92. The lowest BCUT2D eigenvalue weighted by molar-refractivity contribution is 0.369. The minimum Gasteiger partial charge on any atom is -0.424 e. The summed E-state index contributed by atoms with van der Waals surface area (Å²) in [6, 6.07) is 9.76. The van der Waals surface area contributed by atoms with E-state index >= 15 is 0 Å². The van der Waals surface area contributed by atoms with E-state index in [1.807, 2.05) is 36.5 Å². The molecule has 5 rings (SSSR count). The highest BCUT2D eigenvalue weighted by atomic mass is 16.4. The van der Waals surface area contributed by atoms with Crippen molar-refractivity contribution < 1.29 is 4.42 Å². The maximum atomic E-state index is 5.63. The second-order valence-electron chi connectivity index (χ2n) is 6.77. The standard InChI is InChI=1S/C20H18N6O/c1-26-8-6-12(7-9-26)17-11-22-15-4-3-14(23-19(15)24-17)13-2-5-18-16(10-13)25-20(21)27-18/h2-6,10-11H,7-9H2,1H3,(H2,21,25). The summed E-state index contributed by atoms with van der Waals surface area (Å²) in [6.07, 6.45) is 5.03. The quantitative estimate of drug-likeness (QED) is 0.588. The molecule has 4 aromatic rings. The van der Waals surface area contributed by atoms with E-state index in [0.717, 1.165) is 42.0 Å². The van der Waals surface area contributed by atoms with Gasteiger partial charge < -0.3 is 15.1 Å². The van der Waals surface area contributed by atoms with Crippen molar-refractivity contribution in [2.75, 3.05) is 25.9 Å². The highest BCUT2D eigenvalue weighted by Crippen LogP contribution is 2.26. The lowest BCUT2D eigenvalue weighted by Gasteiger charge is -2.21. The number of fused-ring (bicyclic) bond motifs is 2. The zero-order chi connectivity index (χ0) is 18.4. The molecule has 1 aliphatic heterocycles. The van der Waals surface area contributed by atoms with Crippen molar-refractivity contribution in [3.05, 3.63) is 48.3 Å². The summed E-state index contributed by atoms with van der Waals surface area (Å²) in [7, 11) is 2.12. The van der Waals surface area contributed by atoms with E-state index in [9.17, 15) is 0 Å². The van der Waals surface area contributed by atoms with Crippen molar-refractivity contribution in [3.8, 4) is 11.3 Å². The smallest absolute Gasteiger partial charge is 0.292 e. The Morgan fingerprint density at radius 2 is 1.93 bits per heavy atom. The van der Waals surface area contributed by atoms with Gasteiger partial charge >= 0.3 is 0 Å². The topological polar surface area (TPSA) is 94.0 Å². The summed E-state index contributed by atoms with van der Waals surface area (Å²) in [5.74, 6) is 0. The minimum absolute atomic E-state index is 0.163. The number of oxazole rings is 1. The van der Waals surface area contributed by atoms with Crippen LogP contribution in [0.15, 0.2) is 47.0 Å². The molecule has 0 atom stereocenters. The molecule has 4 heterocycles. The lowest BCUT2D eigenvalue weighted by Crippen LogP contribution is -2.23. The normalized spacial score (nSPS) is 15.4. The Labute approximate surface area is 155 Å². The van der Waals surface area contributed by atoms with Gasteiger partial charge in [-0.2, -0.15) is 4.98 Å². The van der Waals surface area contributed by atoms with Crippen LogP contribution in [0.25, 0.3) is 39.1 Å². The highest BCUT2D eigenvalue weighted by Gasteiger charge is 2.13. The summed E-state index contributed by atoms with van der Waals surface area (Å²) in [5, 5.41) is 0. The number of benzene rings is 1. The first-order valence-electron chi connectivity index (χ1n) is 8.84. The van der Waals surface area contributed by atoms with E-state index < -0.39 is 0 Å². The van der Waals surface area contributed by atoms with Crippen molar-refractivity contribution >= 4 is 33.9 Å². The lowest BCUT2D eigenvalue weighted by atomic mass is 10.1. The molecular formula is C20H18N6O. The number of aromatic nitrogens is 4. The Balaban J connectivity index is 1.56. The number of hydrogen-bond donors (Lipinski definition) is 1. The van der Waals surface area contributed by atoms with Gasteiger partial charge in [-0.1, -0.05) is 6.08 Å². The first-order valence-corrected chi connectivity index (χ1v) is 8.84. The second kappa shape index (κ2) is 6.14. The van der Waals surface area contributed by atoms with Crippen LogP contribution < -0.4 is 5.73 Å². The second-order valence-corrected chi connectivity index (χ2v) is 6.77. The summed E-state index contributed by atoms with van der Waals surface area (Å²) in [6.45, 7) is 1.96. The number of anilines is 1. The summed E-state index contributed by atoms with van der Waals surface area (Å²) in [4.78, 5) is 20.5. The van der Waals surface area contributed by atoms with Gasteiger partial charge in [0, 0.05) is 18.7 Å². The van der Waals surface area contributed by atoms with Gasteiger partial charge in [-0.3, -0.25) is 4.98 Å². The SMILES string of the molecule is CN1CC=C(c2cnc3ccc(-c4ccc5oc(N)nc5c4)nc3n2)CC1. The molecule has 0 aliphatic carbocycles. The van der Waals surface area contributed by atoms with E-state index in [1.165, 1.54) is 5.57 Å². The van der Waals surface area contributed by atoms with Gasteiger partial charge in [0.1, 0.15) is 11.0 Å². The maximum absolute atomic E-state index is 5.63. The molecule has 7 heteroatoms. The number of nitrogens with zero attached hydrogens (tertiary/aromatic N) is 5. The van der Waals surface area contributed by atoms with Gasteiger partial charge in [-0.25, -0.2) is 9.97 Å². The molecule has 0 spiro atoms. The number of nitrogen functional groups attached to an aromatic ring is 1. The van der Waals surface area contributed by atoms with Gasteiger partial charge in [-0.15, -0.1) is 0 Å². The van der Waals surface area contributed by atoms with E-state index in [4.69, 9.17) is 20.1 Å². The Kier molecular flexibility index (Phi) is 3.61. The van der Waals surface area contributed by atoms with Crippen molar-refractivity contribution in [3.63, 3.8) is 0 Å². The molecule has 0 saturated heterocycles. The minimum atomic E-state index is 0.163. The average molecular weight is 358 g/mol. The van der Waals surface area contributed by atoms with Crippen molar-refractivity contribution in [1.29, 1.82) is 0 Å². The van der Waals surface area contributed by atoms with Crippen LogP contribution in [0.3, 0.4) is 0 Å². The Hall–Kier alpha value is -3.32. The van der Waals surface area contributed by atoms with Gasteiger partial charge in [0.2, 0.25) is 0 Å². The first-order chi connectivity index (χ1) is 13.2. The van der Waals surface area contributed by atoms with Crippen LogP contribution in [-0.2, 0) is 0 Å². The number of nitrogens with two attached hydrogens (primary N) is 1. The van der Waals surface area contributed by atoms with Gasteiger partial charge in [-0.05, 0) is 49.4 Å². The Morgan fingerprint density at radius 3 is 2.78 bits per heavy atom. The first kappa shape index (κ1) is 15.9. The third-order valence-electron chi connectivity index (χ3n) is 4.85. The predicted octanol–water partition coefficient (Wildman–Crippen LogP) is 3.13. The molecule has 1 aromatic carbocycles. The fourth-order valence-corrected chi connectivity index (χ4v) is 3.32. The van der Waals surface area contributed by atoms with Gasteiger partial charge in [0.05, 0.1) is 17.6 Å². The zero-order valence-corrected chi connectivity index (χ0v) is 14.9. The van der Waals surface area contributed by atoms with Crippen molar-refractivity contribution in [1.82, 2.24) is 24.8 Å². The third-order valence-corrected chi connectivity index (χ3v) is 4.85. The van der Waals surface area contributed by atoms with Crippen LogP contribution in [0.5, 0.6) is 0 Å². The van der Waals surface area contributed by atoms with Crippen LogP contribution in [0.4, 0.5) is 6.01 Å². The van der Waals surface area contributed by atoms with Crippen molar-refractivity contribution in [2.45, 2.75) is 6.42 Å². The molecule has 2 N–H and O–H groups in total. The molecule has 0 amide bonds. The van der Waals surface area contributed by atoms with Crippen LogP contribution in [0.2, 0.25) is 0 Å². The van der Waals surface area contributed by atoms with Crippen LogP contribution >= 0.6 is 0 Å². The molecule has 0 radical (unpaired) electrons. The van der Waals surface area contributed by atoms with Crippen LogP contribution in [0.1, 0.15) is 12.1 Å². The van der Waals surface area contributed by atoms with E-state index in [1.54, 1.807) is 0 Å². The fourth-order valence-electron chi connectivity index (χ4n) is 3.32. The fraction of sp³-hybridized carbons (Fsp3) is 0.200. The number of hydrogen-bond acceptors (Lipinski definition) is 7. The monoisotopic (exact) mass is 358 g/mol. The molecule has 1 aliphatic rings. The van der Waals surface area contributed by atoms with E-state index in [-0.39, 0.29) is 6.01 Å². The molecule has 27 heavy (non-hydrogen) atoms. The molecule has 0 bridgehead atoms. The van der Waals surface area contributed by atoms with Crippen molar-refractivity contribution in [2.24, 2.45) is 0 Å². The Morgan fingerprint density at radius 1 is 1.04 bits per heavy atom. The van der Waals surface area contributed by atoms with Crippen LogP contribution in [-0.4, -0.2) is 45.0 Å². The Bertz CT molecular complexity index is 1200. The number of likely N-dealkylation sites (N-methyl/N-ethyl adjacent to an activating group) is 1. The summed E-state index contributed by atoms with van der Waals surface area (Å²) in [5.41, 5.74) is 12.3. The van der Waals surface area contributed by atoms with Crippen LogP contribution in [0, 0.1) is 0 Å². The number of pyridine rings is 1. The predicted molar refractivity (Wildman–Crippen MR) is 105 cm³/mol. The maximum Gasteiger partial charge on any atom is 0.292 e. The molecule has 134 valence electrons. The molecule has 7 nitrogen and oxygen atoms in total.